The predicted molar refractivity (Wildman–Crippen MR) is 91.4 cm³/mol. The van der Waals surface area contributed by atoms with Gasteiger partial charge >= 0.3 is 9.05 Å². The van der Waals surface area contributed by atoms with Gasteiger partial charge in [0.2, 0.25) is 0 Å². The largest absolute Gasteiger partial charge is 0.764 e. The Morgan fingerprint density at radius 2 is 1.46 bits per heavy atom. The number of hydrogen-bond acceptors (Lipinski definition) is 9. The molecular formula is C14H30O8SSi. The van der Waals surface area contributed by atoms with Crippen molar-refractivity contribution in [2.45, 2.75) is 51.9 Å². The van der Waals surface area contributed by atoms with Gasteiger partial charge in [0.1, 0.15) is 0 Å². The Hall–Kier alpha value is -0.0431. The molecule has 0 atom stereocenters. The van der Waals surface area contributed by atoms with Crippen molar-refractivity contribution in [1.82, 2.24) is 0 Å². The maximum atomic E-state index is 11.7. The molecule has 0 amide bonds. The number of unbranched alkanes of at least 4 members (excludes halogenated alkanes) is 4. The molecule has 0 unspecified atom stereocenters. The van der Waals surface area contributed by atoms with Gasteiger partial charge in [-0.05, 0) is 12.8 Å². The average molecular weight is 387 g/mol. The molecule has 0 saturated heterocycles. The van der Waals surface area contributed by atoms with Crippen molar-refractivity contribution in [3.8, 4) is 0 Å². The summed E-state index contributed by atoms with van der Waals surface area (Å²) in [7, 11) is 0.202. The van der Waals surface area contributed by atoms with Crippen LogP contribution in [-0.2, 0) is 37.6 Å². The van der Waals surface area contributed by atoms with Crippen LogP contribution in [0.2, 0.25) is 0 Å². The van der Waals surface area contributed by atoms with Crippen molar-refractivity contribution in [3.63, 3.8) is 0 Å². The summed E-state index contributed by atoms with van der Waals surface area (Å²) in [6, 6.07) is 0. The maximum Gasteiger partial charge on any atom is 0.764 e. The lowest BCUT2D eigenvalue weighted by atomic mass is 10.1. The van der Waals surface area contributed by atoms with Crippen LogP contribution in [0.25, 0.3) is 0 Å². The van der Waals surface area contributed by atoms with Gasteiger partial charge in [-0.15, -0.1) is 0 Å². The van der Waals surface area contributed by atoms with E-state index >= 15 is 0 Å². The van der Waals surface area contributed by atoms with E-state index < -0.39 is 9.05 Å². The monoisotopic (exact) mass is 386 g/mol. The maximum absolute atomic E-state index is 11.7. The lowest BCUT2D eigenvalue weighted by Crippen LogP contribution is -2.48. The summed E-state index contributed by atoms with van der Waals surface area (Å²) in [4.78, 5) is 25.4. The molecule has 0 fully saturated rings. The second-order valence-corrected chi connectivity index (χ2v) is 7.78. The standard InChI is InChI=1S/C14H30O8SSi/c1-5-6-7-8-9-11-14(15)23-13-10-12-19-24(20-16-2,21-17-3)22-18-4/h5-13H2,1-4H3. The highest BCUT2D eigenvalue weighted by Gasteiger charge is 2.51. The average Bonchev–Trinajstić information content (AvgIpc) is 2.55. The predicted octanol–water partition coefficient (Wildman–Crippen LogP) is 3.18. The third-order valence-electron chi connectivity index (χ3n) is 2.87. The molecule has 0 saturated carbocycles. The molecule has 0 heterocycles. The summed E-state index contributed by atoms with van der Waals surface area (Å²) in [6.07, 6.45) is 6.97. The first kappa shape index (κ1) is 24.0. The van der Waals surface area contributed by atoms with Gasteiger partial charge in [-0.3, -0.25) is 4.79 Å². The van der Waals surface area contributed by atoms with Crippen LogP contribution < -0.4 is 0 Å². The summed E-state index contributed by atoms with van der Waals surface area (Å²) in [5.74, 6) is 0.644. The lowest BCUT2D eigenvalue weighted by molar-refractivity contribution is -0.370. The Kier molecular flexibility index (Phi) is 16.4. The van der Waals surface area contributed by atoms with Crippen molar-refractivity contribution in [3.05, 3.63) is 0 Å². The van der Waals surface area contributed by atoms with E-state index in [1.54, 1.807) is 0 Å². The molecular weight excluding hydrogens is 356 g/mol. The quantitative estimate of drug-likeness (QED) is 0.162. The smallest absolute Gasteiger partial charge is 0.347 e. The normalized spacial score (nSPS) is 11.8. The zero-order valence-electron chi connectivity index (χ0n) is 15.0. The summed E-state index contributed by atoms with van der Waals surface area (Å²) in [5, 5.41) is 0.212. The molecule has 0 aromatic heterocycles. The van der Waals surface area contributed by atoms with E-state index in [-0.39, 0.29) is 11.7 Å². The van der Waals surface area contributed by atoms with Crippen LogP contribution in [0.4, 0.5) is 0 Å². The fraction of sp³-hybridized carbons (Fsp3) is 0.929. The van der Waals surface area contributed by atoms with Gasteiger partial charge in [0.25, 0.3) is 0 Å². The Labute approximate surface area is 149 Å². The molecule has 0 rings (SSSR count). The Morgan fingerprint density at radius 1 is 0.875 bits per heavy atom. The second kappa shape index (κ2) is 16.4. The molecule has 24 heavy (non-hydrogen) atoms. The minimum Gasteiger partial charge on any atom is -0.347 e. The number of carbonyl (C=O) groups excluding carboxylic acids is 1. The van der Waals surface area contributed by atoms with Crippen molar-refractivity contribution >= 4 is 25.9 Å². The number of hydrogen-bond donors (Lipinski definition) is 0. The molecule has 0 aliphatic carbocycles. The minimum absolute atomic E-state index is 0.212. The molecule has 0 aromatic rings. The molecule has 144 valence electrons. The van der Waals surface area contributed by atoms with Gasteiger partial charge in [-0.25, -0.2) is 14.7 Å². The third kappa shape index (κ3) is 12.3. The Balaban J connectivity index is 3.85. The van der Waals surface area contributed by atoms with E-state index in [1.165, 1.54) is 52.4 Å². The molecule has 10 heteroatoms. The highest BCUT2D eigenvalue weighted by atomic mass is 32.2. The van der Waals surface area contributed by atoms with Crippen molar-refractivity contribution < 1.29 is 37.6 Å². The topological polar surface area (TPSA) is 81.7 Å². The molecule has 0 aliphatic rings. The van der Waals surface area contributed by atoms with Crippen LogP contribution in [0.1, 0.15) is 51.9 Å². The molecule has 8 nitrogen and oxygen atoms in total. The van der Waals surface area contributed by atoms with E-state index in [2.05, 4.69) is 21.6 Å². The van der Waals surface area contributed by atoms with Gasteiger partial charge in [0, 0.05) is 18.8 Å². The van der Waals surface area contributed by atoms with Gasteiger partial charge < -0.3 is 4.43 Å². The van der Waals surface area contributed by atoms with Crippen molar-refractivity contribution in [2.24, 2.45) is 0 Å². The first-order valence-electron chi connectivity index (χ1n) is 8.09. The van der Waals surface area contributed by atoms with E-state index in [4.69, 9.17) is 18.2 Å². The van der Waals surface area contributed by atoms with Crippen molar-refractivity contribution in [1.29, 1.82) is 0 Å². The molecule has 0 aromatic carbocycles. The van der Waals surface area contributed by atoms with Crippen LogP contribution in [0.5, 0.6) is 0 Å². The highest BCUT2D eigenvalue weighted by Crippen LogP contribution is 2.15. The molecule has 0 spiro atoms. The summed E-state index contributed by atoms with van der Waals surface area (Å²) in [5.41, 5.74) is 0. The number of rotatable bonds is 17. The zero-order chi connectivity index (χ0) is 18.1. The van der Waals surface area contributed by atoms with E-state index in [1.807, 2.05) is 0 Å². The minimum atomic E-state index is -3.67. The molecule has 0 bridgehead atoms. The van der Waals surface area contributed by atoms with E-state index in [0.717, 1.165) is 12.8 Å². The Bertz CT molecular complexity index is 291. The van der Waals surface area contributed by atoms with Gasteiger partial charge in [0.05, 0.1) is 21.3 Å². The van der Waals surface area contributed by atoms with Crippen LogP contribution >= 0.6 is 11.8 Å². The van der Waals surface area contributed by atoms with Crippen LogP contribution in [0.3, 0.4) is 0 Å². The fourth-order valence-electron chi connectivity index (χ4n) is 1.81. The van der Waals surface area contributed by atoms with Crippen LogP contribution in [0.15, 0.2) is 0 Å². The number of carbonyl (C=O) groups is 1. The van der Waals surface area contributed by atoms with Gasteiger partial charge in [-0.2, -0.15) is 13.7 Å². The van der Waals surface area contributed by atoms with E-state index in [9.17, 15) is 4.79 Å². The highest BCUT2D eigenvalue weighted by molar-refractivity contribution is 8.13. The SMILES string of the molecule is CCCCCCCC(=O)SCCCO[Si](OOC)(OOC)OOC. The molecule has 0 aliphatic heterocycles. The zero-order valence-corrected chi connectivity index (χ0v) is 16.9. The van der Waals surface area contributed by atoms with Gasteiger partial charge in [-0.1, -0.05) is 44.4 Å². The first-order valence-corrected chi connectivity index (χ1v) is 10.7. The van der Waals surface area contributed by atoms with E-state index in [0.29, 0.717) is 18.6 Å². The summed E-state index contributed by atoms with van der Waals surface area (Å²) < 4.78 is 20.0. The molecule has 0 N–H and O–H groups in total. The van der Waals surface area contributed by atoms with Crippen molar-refractivity contribution in [2.75, 3.05) is 33.7 Å². The summed E-state index contributed by atoms with van der Waals surface area (Å²) in [6.45, 7) is 2.42. The van der Waals surface area contributed by atoms with Crippen LogP contribution in [-0.4, -0.2) is 47.9 Å². The number of thioether (sulfide) groups is 1. The van der Waals surface area contributed by atoms with Crippen LogP contribution in [0, 0.1) is 0 Å². The lowest BCUT2D eigenvalue weighted by Gasteiger charge is -2.22. The fourth-order valence-corrected chi connectivity index (χ4v) is 3.82. The summed E-state index contributed by atoms with van der Waals surface area (Å²) >= 11 is 1.31. The second-order valence-electron chi connectivity index (χ2n) is 4.84. The van der Waals surface area contributed by atoms with Gasteiger partial charge in [0.15, 0.2) is 5.12 Å². The molecule has 0 radical (unpaired) electrons. The third-order valence-corrected chi connectivity index (χ3v) is 5.56. The Morgan fingerprint density at radius 3 is 2.00 bits per heavy atom. The first-order chi connectivity index (χ1) is 11.6.